The maximum absolute atomic E-state index is 10.3. The van der Waals surface area contributed by atoms with Gasteiger partial charge in [-0.2, -0.15) is 4.91 Å². The van der Waals surface area contributed by atoms with E-state index in [9.17, 15) is 4.91 Å². The fourth-order valence-electron chi connectivity index (χ4n) is 1.50. The molecule has 0 saturated carbocycles. The van der Waals surface area contributed by atoms with Gasteiger partial charge >= 0.3 is 0 Å². The van der Waals surface area contributed by atoms with Crippen LogP contribution in [0.2, 0.25) is 10.4 Å². The third-order valence-corrected chi connectivity index (χ3v) is 2.58. The molecule has 1 aromatic rings. The first-order valence-electron chi connectivity index (χ1n) is 4.54. The minimum Gasteiger partial charge on any atom is -0.359 e. The van der Waals surface area contributed by atoms with Crippen molar-refractivity contribution >= 4 is 29.0 Å². The molecule has 1 aliphatic rings. The van der Waals surface area contributed by atoms with Crippen LogP contribution in [0, 0.1) is 4.91 Å². The second-order valence-electron chi connectivity index (χ2n) is 3.25. The molecule has 0 spiro atoms. The molecule has 0 N–H and O–H groups in total. The van der Waals surface area contributed by atoms with Gasteiger partial charge in [-0.3, -0.25) is 0 Å². The van der Waals surface area contributed by atoms with E-state index in [-0.39, 0.29) is 23.0 Å². The van der Waals surface area contributed by atoms with Gasteiger partial charge in [-0.15, -0.1) is 0 Å². The number of rotatable bonds is 3. The van der Waals surface area contributed by atoms with E-state index in [0.29, 0.717) is 19.2 Å². The Labute approximate surface area is 101 Å². The third kappa shape index (κ3) is 2.40. The first-order valence-corrected chi connectivity index (χ1v) is 5.30. The molecule has 1 unspecified atom stereocenters. The molecular formula is C8H8Cl2N4O2. The first-order chi connectivity index (χ1) is 7.70. The normalized spacial score (nSPS) is 20.1. The standard InChI is InChI=1S/C8H8Cl2N4O2/c9-6-1-7(13-8(10)12-6)14-4-16-3-5(14)2-11-15/h1,5H,2-4H2. The predicted octanol–water partition coefficient (Wildman–Crippen LogP) is 1.71. The van der Waals surface area contributed by atoms with Gasteiger partial charge in [-0.05, 0) is 11.6 Å². The summed E-state index contributed by atoms with van der Waals surface area (Å²) < 4.78 is 5.24. The Kier molecular flexibility index (Phi) is 3.52. The fourth-order valence-corrected chi connectivity index (χ4v) is 1.90. The number of nitroso groups, excluding NO2 is 1. The van der Waals surface area contributed by atoms with Gasteiger partial charge in [0.05, 0.1) is 12.6 Å². The second kappa shape index (κ2) is 4.90. The molecular weight excluding hydrogens is 255 g/mol. The van der Waals surface area contributed by atoms with Crippen LogP contribution in [-0.2, 0) is 4.74 Å². The van der Waals surface area contributed by atoms with Gasteiger partial charge in [-0.1, -0.05) is 16.8 Å². The van der Waals surface area contributed by atoms with Crippen molar-refractivity contribution in [3.8, 4) is 0 Å². The molecule has 1 saturated heterocycles. The molecule has 0 amide bonds. The highest BCUT2D eigenvalue weighted by molar-refractivity contribution is 6.32. The van der Waals surface area contributed by atoms with Crippen LogP contribution >= 0.6 is 23.2 Å². The minimum atomic E-state index is -0.125. The highest BCUT2D eigenvalue weighted by Crippen LogP contribution is 2.23. The molecule has 6 nitrogen and oxygen atoms in total. The van der Waals surface area contributed by atoms with Crippen LogP contribution in [0.3, 0.4) is 0 Å². The van der Waals surface area contributed by atoms with E-state index in [1.165, 1.54) is 0 Å². The van der Waals surface area contributed by atoms with Gasteiger partial charge < -0.3 is 9.64 Å². The van der Waals surface area contributed by atoms with E-state index in [1.54, 1.807) is 11.0 Å². The van der Waals surface area contributed by atoms with Crippen molar-refractivity contribution in [3.63, 3.8) is 0 Å². The Hall–Kier alpha value is -0.980. The monoisotopic (exact) mass is 262 g/mol. The molecule has 86 valence electrons. The number of hydrogen-bond donors (Lipinski definition) is 0. The van der Waals surface area contributed by atoms with Gasteiger partial charge in [0.2, 0.25) is 5.28 Å². The second-order valence-corrected chi connectivity index (χ2v) is 3.98. The van der Waals surface area contributed by atoms with E-state index in [0.717, 1.165) is 0 Å². The number of anilines is 1. The Balaban J connectivity index is 2.25. The largest absolute Gasteiger partial charge is 0.359 e. The summed E-state index contributed by atoms with van der Waals surface area (Å²) >= 11 is 11.5. The number of halogens is 2. The zero-order valence-electron chi connectivity index (χ0n) is 8.14. The molecule has 2 heterocycles. The van der Waals surface area contributed by atoms with Crippen LogP contribution in [0.15, 0.2) is 11.2 Å². The van der Waals surface area contributed by atoms with Gasteiger partial charge in [0, 0.05) is 6.07 Å². The first kappa shape index (κ1) is 11.5. The van der Waals surface area contributed by atoms with Crippen LogP contribution in [0.5, 0.6) is 0 Å². The molecule has 16 heavy (non-hydrogen) atoms. The van der Waals surface area contributed by atoms with Gasteiger partial charge in [0.1, 0.15) is 24.2 Å². The summed E-state index contributed by atoms with van der Waals surface area (Å²) in [6.45, 7) is 0.911. The molecule has 0 aliphatic carbocycles. The quantitative estimate of drug-likeness (QED) is 0.471. The van der Waals surface area contributed by atoms with E-state index >= 15 is 0 Å². The van der Waals surface area contributed by atoms with E-state index in [4.69, 9.17) is 27.9 Å². The van der Waals surface area contributed by atoms with E-state index in [1.807, 2.05) is 0 Å². The lowest BCUT2D eigenvalue weighted by atomic mass is 10.3. The molecule has 0 aromatic carbocycles. The van der Waals surface area contributed by atoms with Gasteiger partial charge in [0.15, 0.2) is 0 Å². The maximum Gasteiger partial charge on any atom is 0.225 e. The molecule has 1 aliphatic heterocycles. The third-order valence-electron chi connectivity index (χ3n) is 2.22. The minimum absolute atomic E-state index is 0.0622. The number of nitrogens with zero attached hydrogens (tertiary/aromatic N) is 4. The fraction of sp³-hybridized carbons (Fsp3) is 0.500. The average molecular weight is 263 g/mol. The smallest absolute Gasteiger partial charge is 0.225 e. The van der Waals surface area contributed by atoms with Gasteiger partial charge in [-0.25, -0.2) is 9.97 Å². The summed E-state index contributed by atoms with van der Waals surface area (Å²) in [4.78, 5) is 19.8. The number of ether oxygens (including phenoxy) is 1. The summed E-state index contributed by atoms with van der Waals surface area (Å²) in [5.41, 5.74) is 0. The van der Waals surface area contributed by atoms with Crippen molar-refractivity contribution in [3.05, 3.63) is 21.4 Å². The lowest BCUT2D eigenvalue weighted by Crippen LogP contribution is -2.33. The zero-order chi connectivity index (χ0) is 11.5. The molecule has 8 heteroatoms. The Morgan fingerprint density at radius 1 is 1.56 bits per heavy atom. The van der Waals surface area contributed by atoms with Crippen molar-refractivity contribution in [2.75, 3.05) is 24.8 Å². The zero-order valence-corrected chi connectivity index (χ0v) is 9.65. The highest BCUT2D eigenvalue weighted by atomic mass is 35.5. The summed E-state index contributed by atoms with van der Waals surface area (Å²) in [6.07, 6.45) is 0. The Morgan fingerprint density at radius 2 is 2.38 bits per heavy atom. The Morgan fingerprint density at radius 3 is 3.06 bits per heavy atom. The predicted molar refractivity (Wildman–Crippen MR) is 59.8 cm³/mol. The van der Waals surface area contributed by atoms with E-state index < -0.39 is 0 Å². The van der Waals surface area contributed by atoms with Crippen molar-refractivity contribution in [1.82, 2.24) is 9.97 Å². The van der Waals surface area contributed by atoms with Crippen LogP contribution in [-0.4, -0.2) is 35.9 Å². The number of aromatic nitrogens is 2. The van der Waals surface area contributed by atoms with Crippen molar-refractivity contribution in [1.29, 1.82) is 0 Å². The average Bonchev–Trinajstić information content (AvgIpc) is 2.65. The summed E-state index contributed by atoms with van der Waals surface area (Å²) in [6, 6.07) is 1.44. The molecule has 1 aromatic heterocycles. The van der Waals surface area contributed by atoms with E-state index in [2.05, 4.69) is 15.1 Å². The van der Waals surface area contributed by atoms with Gasteiger partial charge in [0.25, 0.3) is 0 Å². The molecule has 0 bridgehead atoms. The molecule has 1 atom stereocenters. The maximum atomic E-state index is 10.3. The summed E-state index contributed by atoms with van der Waals surface area (Å²) in [7, 11) is 0. The summed E-state index contributed by atoms with van der Waals surface area (Å²) in [5, 5.41) is 3.17. The van der Waals surface area contributed by atoms with Crippen molar-refractivity contribution < 1.29 is 4.74 Å². The topological polar surface area (TPSA) is 67.7 Å². The number of hydrogen-bond acceptors (Lipinski definition) is 6. The summed E-state index contributed by atoms with van der Waals surface area (Å²) in [5.74, 6) is 0.538. The Bertz CT molecular complexity index is 383. The van der Waals surface area contributed by atoms with Crippen LogP contribution in [0.25, 0.3) is 0 Å². The van der Waals surface area contributed by atoms with Crippen LogP contribution in [0.4, 0.5) is 5.82 Å². The lowest BCUT2D eigenvalue weighted by Gasteiger charge is -2.21. The molecule has 0 radical (unpaired) electrons. The van der Waals surface area contributed by atoms with Crippen LogP contribution < -0.4 is 4.90 Å². The molecule has 2 rings (SSSR count). The van der Waals surface area contributed by atoms with Crippen molar-refractivity contribution in [2.45, 2.75) is 6.04 Å². The molecule has 1 fully saturated rings. The van der Waals surface area contributed by atoms with Crippen molar-refractivity contribution in [2.24, 2.45) is 5.18 Å². The highest BCUT2D eigenvalue weighted by Gasteiger charge is 2.27. The van der Waals surface area contributed by atoms with Crippen LogP contribution in [0.1, 0.15) is 0 Å². The lowest BCUT2D eigenvalue weighted by molar-refractivity contribution is 0.194. The SMILES string of the molecule is O=NCC1COCN1c1cc(Cl)nc(Cl)n1.